The quantitative estimate of drug-likeness (QED) is 0.443. The molecular weight excluding hydrogens is 280 g/mol. The second kappa shape index (κ2) is 11.5. The van der Waals surface area contributed by atoms with Crippen LogP contribution in [0.5, 0.6) is 0 Å². The van der Waals surface area contributed by atoms with Crippen molar-refractivity contribution in [2.75, 3.05) is 7.11 Å². The van der Waals surface area contributed by atoms with Crippen LogP contribution in [0.4, 0.5) is 0 Å². The molecule has 0 aromatic heterocycles. The number of carbonyl (C=O) groups excluding carboxylic acids is 2. The van der Waals surface area contributed by atoms with Crippen molar-refractivity contribution in [2.24, 2.45) is 5.92 Å². The standard InChI is InChI=1S/C18H32O4/c1-15-11-10-14-18(20)22-16(15)12-8-6-4-3-5-7-9-13-17(19)21-2/h15-16H,3-14H2,1-2H3. The summed E-state index contributed by atoms with van der Waals surface area (Å²) in [6.45, 7) is 2.20. The molecule has 128 valence electrons. The summed E-state index contributed by atoms with van der Waals surface area (Å²) in [6, 6.07) is 0. The summed E-state index contributed by atoms with van der Waals surface area (Å²) >= 11 is 0. The van der Waals surface area contributed by atoms with E-state index in [2.05, 4.69) is 11.7 Å². The average molecular weight is 312 g/mol. The molecule has 1 aliphatic heterocycles. The van der Waals surface area contributed by atoms with Crippen molar-refractivity contribution in [1.29, 1.82) is 0 Å². The topological polar surface area (TPSA) is 52.6 Å². The van der Waals surface area contributed by atoms with Gasteiger partial charge in [0.05, 0.1) is 7.11 Å². The molecule has 0 radical (unpaired) electrons. The third-order valence-corrected chi connectivity index (χ3v) is 4.56. The molecule has 4 nitrogen and oxygen atoms in total. The summed E-state index contributed by atoms with van der Waals surface area (Å²) in [7, 11) is 1.44. The van der Waals surface area contributed by atoms with Crippen molar-refractivity contribution >= 4 is 11.9 Å². The van der Waals surface area contributed by atoms with Crippen molar-refractivity contribution in [1.82, 2.24) is 0 Å². The molecule has 0 aromatic rings. The van der Waals surface area contributed by atoms with Crippen LogP contribution in [-0.4, -0.2) is 25.2 Å². The highest BCUT2D eigenvalue weighted by atomic mass is 16.5. The van der Waals surface area contributed by atoms with Crippen molar-refractivity contribution < 1.29 is 19.1 Å². The largest absolute Gasteiger partial charge is 0.469 e. The number of rotatable bonds is 10. The van der Waals surface area contributed by atoms with Crippen LogP contribution in [0, 0.1) is 5.92 Å². The minimum absolute atomic E-state index is 0.0139. The molecule has 4 heteroatoms. The molecule has 22 heavy (non-hydrogen) atoms. The number of cyclic esters (lactones) is 1. The lowest BCUT2D eigenvalue weighted by atomic mass is 9.94. The fourth-order valence-corrected chi connectivity index (χ4v) is 3.04. The fraction of sp³-hybridized carbons (Fsp3) is 0.889. The van der Waals surface area contributed by atoms with E-state index in [1.807, 2.05) is 0 Å². The molecule has 0 saturated carbocycles. The summed E-state index contributed by atoms with van der Waals surface area (Å²) in [4.78, 5) is 22.4. The number of hydrogen-bond acceptors (Lipinski definition) is 4. The number of esters is 2. The van der Waals surface area contributed by atoms with Gasteiger partial charge in [-0.1, -0.05) is 39.0 Å². The van der Waals surface area contributed by atoms with Gasteiger partial charge < -0.3 is 9.47 Å². The molecule has 0 aromatic carbocycles. The van der Waals surface area contributed by atoms with Gasteiger partial charge >= 0.3 is 11.9 Å². The second-order valence-corrected chi connectivity index (χ2v) is 6.49. The van der Waals surface area contributed by atoms with Crippen molar-refractivity contribution in [3.8, 4) is 0 Å². The van der Waals surface area contributed by atoms with Gasteiger partial charge in [-0.2, -0.15) is 0 Å². The number of carbonyl (C=O) groups is 2. The Kier molecular flexibility index (Phi) is 9.93. The Labute approximate surface area is 134 Å². The lowest BCUT2D eigenvalue weighted by molar-refractivity contribution is -0.150. The van der Waals surface area contributed by atoms with E-state index in [1.54, 1.807) is 0 Å². The van der Waals surface area contributed by atoms with Gasteiger partial charge in [-0.05, 0) is 38.0 Å². The molecule has 0 spiro atoms. The maximum atomic E-state index is 11.5. The lowest BCUT2D eigenvalue weighted by Gasteiger charge is -2.21. The molecule has 2 unspecified atom stereocenters. The van der Waals surface area contributed by atoms with E-state index < -0.39 is 0 Å². The van der Waals surface area contributed by atoms with Crippen LogP contribution in [-0.2, 0) is 19.1 Å². The minimum atomic E-state index is -0.105. The fourth-order valence-electron chi connectivity index (χ4n) is 3.04. The molecule has 1 rings (SSSR count). The smallest absolute Gasteiger partial charge is 0.306 e. The zero-order chi connectivity index (χ0) is 16.2. The van der Waals surface area contributed by atoms with Crippen molar-refractivity contribution in [3.05, 3.63) is 0 Å². The first kappa shape index (κ1) is 19.0. The maximum absolute atomic E-state index is 11.5. The number of unbranched alkanes of at least 4 members (excludes halogenated alkanes) is 6. The lowest BCUT2D eigenvalue weighted by Crippen LogP contribution is -2.22. The van der Waals surface area contributed by atoms with Gasteiger partial charge in [0.25, 0.3) is 0 Å². The summed E-state index contributed by atoms with van der Waals surface area (Å²) in [5.74, 6) is 0.386. The summed E-state index contributed by atoms with van der Waals surface area (Å²) in [5.41, 5.74) is 0. The molecule has 0 amide bonds. The van der Waals surface area contributed by atoms with E-state index in [0.717, 1.165) is 38.5 Å². The third-order valence-electron chi connectivity index (χ3n) is 4.56. The normalized spacial score (nSPS) is 22.0. The number of hydrogen-bond donors (Lipinski definition) is 0. The van der Waals surface area contributed by atoms with Gasteiger partial charge in [0, 0.05) is 12.8 Å². The van der Waals surface area contributed by atoms with Crippen LogP contribution < -0.4 is 0 Å². The predicted octanol–water partition coefficient (Wildman–Crippen LogP) is 4.40. The highest BCUT2D eigenvalue weighted by molar-refractivity contribution is 5.69. The molecule has 1 saturated heterocycles. The van der Waals surface area contributed by atoms with Gasteiger partial charge in [0.2, 0.25) is 0 Å². The minimum Gasteiger partial charge on any atom is -0.469 e. The van der Waals surface area contributed by atoms with Crippen LogP contribution in [0.15, 0.2) is 0 Å². The van der Waals surface area contributed by atoms with Crippen molar-refractivity contribution in [2.45, 2.75) is 90.1 Å². The Morgan fingerprint density at radius 2 is 1.77 bits per heavy atom. The van der Waals surface area contributed by atoms with Crippen LogP contribution in [0.2, 0.25) is 0 Å². The maximum Gasteiger partial charge on any atom is 0.306 e. The first-order valence-electron chi connectivity index (χ1n) is 8.89. The molecule has 2 atom stereocenters. The second-order valence-electron chi connectivity index (χ2n) is 6.49. The van der Waals surface area contributed by atoms with E-state index in [0.29, 0.717) is 18.8 Å². The Bertz CT molecular complexity index is 327. The SMILES string of the molecule is COC(=O)CCCCCCCCCC1OC(=O)CCCC1C. The Morgan fingerprint density at radius 1 is 1.14 bits per heavy atom. The highest BCUT2D eigenvalue weighted by Gasteiger charge is 2.24. The third kappa shape index (κ3) is 8.40. The summed E-state index contributed by atoms with van der Waals surface area (Å²) in [6.07, 6.45) is 12.4. The van der Waals surface area contributed by atoms with Gasteiger partial charge in [-0.15, -0.1) is 0 Å². The molecule has 0 N–H and O–H groups in total. The van der Waals surface area contributed by atoms with Crippen LogP contribution in [0.1, 0.15) is 84.0 Å². The zero-order valence-corrected chi connectivity index (χ0v) is 14.3. The van der Waals surface area contributed by atoms with E-state index >= 15 is 0 Å². The predicted molar refractivity (Wildman–Crippen MR) is 86.5 cm³/mol. The van der Waals surface area contributed by atoms with Gasteiger partial charge in [-0.25, -0.2) is 0 Å². The van der Waals surface area contributed by atoms with E-state index in [9.17, 15) is 9.59 Å². The molecule has 1 aliphatic rings. The Balaban J connectivity index is 1.96. The van der Waals surface area contributed by atoms with Gasteiger partial charge in [0.15, 0.2) is 0 Å². The first-order valence-corrected chi connectivity index (χ1v) is 8.89. The summed E-state index contributed by atoms with van der Waals surface area (Å²) in [5, 5.41) is 0. The molecule has 1 fully saturated rings. The van der Waals surface area contributed by atoms with Gasteiger partial charge in [-0.3, -0.25) is 9.59 Å². The Morgan fingerprint density at radius 3 is 2.45 bits per heavy atom. The van der Waals surface area contributed by atoms with Crippen LogP contribution >= 0.6 is 0 Å². The molecule has 1 heterocycles. The van der Waals surface area contributed by atoms with Crippen LogP contribution in [0.25, 0.3) is 0 Å². The molecular formula is C18H32O4. The van der Waals surface area contributed by atoms with E-state index in [-0.39, 0.29) is 18.0 Å². The first-order chi connectivity index (χ1) is 10.6. The summed E-state index contributed by atoms with van der Waals surface area (Å²) < 4.78 is 10.2. The Hall–Kier alpha value is -1.06. The van der Waals surface area contributed by atoms with E-state index in [1.165, 1.54) is 32.8 Å². The number of ether oxygens (including phenoxy) is 2. The molecule has 0 aliphatic carbocycles. The van der Waals surface area contributed by atoms with Crippen molar-refractivity contribution in [3.63, 3.8) is 0 Å². The van der Waals surface area contributed by atoms with Crippen LogP contribution in [0.3, 0.4) is 0 Å². The van der Waals surface area contributed by atoms with E-state index in [4.69, 9.17) is 4.74 Å². The average Bonchev–Trinajstić information content (AvgIpc) is 2.66. The zero-order valence-electron chi connectivity index (χ0n) is 14.3. The highest BCUT2D eigenvalue weighted by Crippen LogP contribution is 2.24. The van der Waals surface area contributed by atoms with Gasteiger partial charge in [0.1, 0.15) is 6.10 Å². The molecule has 0 bridgehead atoms. The monoisotopic (exact) mass is 312 g/mol. The number of methoxy groups -OCH3 is 1.